The molecule has 2 heteroatoms. The lowest BCUT2D eigenvalue weighted by atomic mass is 9.56. The van der Waals surface area contributed by atoms with E-state index in [1.807, 2.05) is 0 Å². The normalized spacial score (nSPS) is 26.2. The second-order valence-electron chi connectivity index (χ2n) is 6.33. The van der Waals surface area contributed by atoms with E-state index in [0.29, 0.717) is 0 Å². The third-order valence-electron chi connectivity index (χ3n) is 4.85. The molecule has 0 aromatic heterocycles. The van der Waals surface area contributed by atoms with E-state index in [9.17, 15) is 0 Å². The van der Waals surface area contributed by atoms with Crippen molar-refractivity contribution in [3.8, 4) is 0 Å². The third kappa shape index (κ3) is 2.60. The van der Waals surface area contributed by atoms with Gasteiger partial charge in [-0.15, -0.1) is 0 Å². The van der Waals surface area contributed by atoms with Crippen LogP contribution in [0.4, 0.5) is 0 Å². The molecule has 2 N–H and O–H groups in total. The lowest BCUT2D eigenvalue weighted by Gasteiger charge is -2.53. The van der Waals surface area contributed by atoms with Crippen molar-refractivity contribution in [1.29, 1.82) is 0 Å². The van der Waals surface area contributed by atoms with Crippen molar-refractivity contribution < 1.29 is 0 Å². The van der Waals surface area contributed by atoms with Crippen molar-refractivity contribution in [2.24, 2.45) is 17.1 Å². The Labute approximate surface area is 101 Å². The van der Waals surface area contributed by atoms with Gasteiger partial charge < -0.3 is 10.6 Å². The molecule has 1 spiro atoms. The van der Waals surface area contributed by atoms with Crippen molar-refractivity contribution in [3.63, 3.8) is 0 Å². The average molecular weight is 224 g/mol. The fourth-order valence-electron chi connectivity index (χ4n) is 3.70. The number of hydrogen-bond acceptors (Lipinski definition) is 2. The molecule has 16 heavy (non-hydrogen) atoms. The SMILES string of the molecule is CC(C)N1CCC2(CC1)CC(CCCN)C2. The van der Waals surface area contributed by atoms with E-state index in [-0.39, 0.29) is 0 Å². The molecule has 2 fully saturated rings. The molecule has 0 aromatic rings. The van der Waals surface area contributed by atoms with E-state index in [0.717, 1.165) is 23.9 Å². The van der Waals surface area contributed by atoms with E-state index < -0.39 is 0 Å². The van der Waals surface area contributed by atoms with Crippen LogP contribution in [0.25, 0.3) is 0 Å². The van der Waals surface area contributed by atoms with Crippen molar-refractivity contribution in [2.75, 3.05) is 19.6 Å². The van der Waals surface area contributed by atoms with Gasteiger partial charge in [0.15, 0.2) is 0 Å². The number of nitrogens with zero attached hydrogens (tertiary/aromatic N) is 1. The lowest BCUT2D eigenvalue weighted by Crippen LogP contribution is -2.48. The maximum absolute atomic E-state index is 5.57. The number of piperidine rings is 1. The Kier molecular flexibility index (Phi) is 3.91. The van der Waals surface area contributed by atoms with Crippen LogP contribution in [-0.4, -0.2) is 30.6 Å². The molecule has 0 atom stereocenters. The Morgan fingerprint density at radius 2 is 1.88 bits per heavy atom. The highest BCUT2D eigenvalue weighted by Crippen LogP contribution is 2.53. The molecule has 0 unspecified atom stereocenters. The van der Waals surface area contributed by atoms with Gasteiger partial charge in [0.25, 0.3) is 0 Å². The van der Waals surface area contributed by atoms with Crippen LogP contribution in [0, 0.1) is 11.3 Å². The van der Waals surface area contributed by atoms with E-state index in [1.54, 1.807) is 0 Å². The molecule has 2 nitrogen and oxygen atoms in total. The van der Waals surface area contributed by atoms with E-state index in [4.69, 9.17) is 5.73 Å². The second-order valence-corrected chi connectivity index (χ2v) is 6.33. The van der Waals surface area contributed by atoms with Crippen LogP contribution >= 0.6 is 0 Å². The minimum Gasteiger partial charge on any atom is -0.330 e. The first-order valence-corrected chi connectivity index (χ1v) is 7.09. The Bertz CT molecular complexity index is 209. The molecule has 1 heterocycles. The Morgan fingerprint density at radius 1 is 1.25 bits per heavy atom. The highest BCUT2D eigenvalue weighted by atomic mass is 15.2. The van der Waals surface area contributed by atoms with Crippen LogP contribution < -0.4 is 5.73 Å². The molecule has 1 aliphatic heterocycles. The van der Waals surface area contributed by atoms with Crippen LogP contribution in [-0.2, 0) is 0 Å². The van der Waals surface area contributed by atoms with Gasteiger partial charge in [-0.1, -0.05) is 0 Å². The summed E-state index contributed by atoms with van der Waals surface area (Å²) in [6, 6.07) is 0.741. The smallest absolute Gasteiger partial charge is 0.00385 e. The summed E-state index contributed by atoms with van der Waals surface area (Å²) in [7, 11) is 0. The predicted octanol–water partition coefficient (Wildman–Crippen LogP) is 2.63. The minimum absolute atomic E-state index is 0.741. The van der Waals surface area contributed by atoms with Crippen molar-refractivity contribution in [3.05, 3.63) is 0 Å². The maximum atomic E-state index is 5.57. The lowest BCUT2D eigenvalue weighted by molar-refractivity contribution is -0.0235. The Hall–Kier alpha value is -0.0800. The van der Waals surface area contributed by atoms with Gasteiger partial charge in [-0.05, 0) is 83.3 Å². The molecule has 0 radical (unpaired) electrons. The first-order chi connectivity index (χ1) is 7.65. The molecule has 2 rings (SSSR count). The first kappa shape index (κ1) is 12.4. The van der Waals surface area contributed by atoms with Gasteiger partial charge in [0.1, 0.15) is 0 Å². The number of hydrogen-bond donors (Lipinski definition) is 1. The van der Waals surface area contributed by atoms with Gasteiger partial charge in [-0.25, -0.2) is 0 Å². The molecule has 0 bridgehead atoms. The molecule has 0 aromatic carbocycles. The van der Waals surface area contributed by atoms with Crippen LogP contribution in [0.15, 0.2) is 0 Å². The summed E-state index contributed by atoms with van der Waals surface area (Å²) in [4.78, 5) is 2.64. The first-order valence-electron chi connectivity index (χ1n) is 7.09. The average Bonchev–Trinajstić information content (AvgIpc) is 2.24. The van der Waals surface area contributed by atoms with Crippen molar-refractivity contribution in [2.45, 2.75) is 58.4 Å². The second kappa shape index (κ2) is 5.05. The molecular formula is C14H28N2. The van der Waals surface area contributed by atoms with Crippen LogP contribution in [0.5, 0.6) is 0 Å². The quantitative estimate of drug-likeness (QED) is 0.795. The van der Waals surface area contributed by atoms with Crippen molar-refractivity contribution in [1.82, 2.24) is 4.90 Å². The fourth-order valence-corrected chi connectivity index (χ4v) is 3.70. The van der Waals surface area contributed by atoms with Crippen LogP contribution in [0.2, 0.25) is 0 Å². The molecule has 94 valence electrons. The van der Waals surface area contributed by atoms with Gasteiger partial charge in [-0.3, -0.25) is 0 Å². The molecule has 0 amide bonds. The van der Waals surface area contributed by atoms with Crippen LogP contribution in [0.1, 0.15) is 52.4 Å². The summed E-state index contributed by atoms with van der Waals surface area (Å²) >= 11 is 0. The van der Waals surface area contributed by atoms with Crippen molar-refractivity contribution >= 4 is 0 Å². The minimum atomic E-state index is 0.741. The van der Waals surface area contributed by atoms with E-state index in [2.05, 4.69) is 18.7 Å². The zero-order valence-corrected chi connectivity index (χ0v) is 11.0. The maximum Gasteiger partial charge on any atom is 0.00385 e. The topological polar surface area (TPSA) is 29.3 Å². The highest BCUT2D eigenvalue weighted by Gasteiger charge is 2.45. The number of nitrogens with two attached hydrogens (primary N) is 1. The highest BCUT2D eigenvalue weighted by molar-refractivity contribution is 4.97. The molecule has 1 aliphatic carbocycles. The van der Waals surface area contributed by atoms with E-state index in [1.165, 1.54) is 51.6 Å². The number of rotatable bonds is 4. The summed E-state index contributed by atoms with van der Waals surface area (Å²) in [5.74, 6) is 1.01. The van der Waals surface area contributed by atoms with Gasteiger partial charge >= 0.3 is 0 Å². The molecule has 1 saturated carbocycles. The summed E-state index contributed by atoms with van der Waals surface area (Å²) in [6.07, 6.45) is 8.51. The number of likely N-dealkylation sites (tertiary alicyclic amines) is 1. The van der Waals surface area contributed by atoms with Gasteiger partial charge in [0, 0.05) is 6.04 Å². The molecule has 2 aliphatic rings. The summed E-state index contributed by atoms with van der Waals surface area (Å²) in [6.45, 7) is 8.19. The summed E-state index contributed by atoms with van der Waals surface area (Å²) in [5, 5.41) is 0. The Morgan fingerprint density at radius 3 is 2.38 bits per heavy atom. The molecular weight excluding hydrogens is 196 g/mol. The van der Waals surface area contributed by atoms with Gasteiger partial charge in [-0.2, -0.15) is 0 Å². The molecule has 1 saturated heterocycles. The standard InChI is InChI=1S/C14H28N2/c1-12(2)16-8-5-14(6-9-16)10-13(11-14)4-3-7-15/h12-13H,3-11,15H2,1-2H3. The van der Waals surface area contributed by atoms with E-state index >= 15 is 0 Å². The zero-order chi connectivity index (χ0) is 11.6. The fraction of sp³-hybridized carbons (Fsp3) is 1.00. The van der Waals surface area contributed by atoms with Gasteiger partial charge in [0.05, 0.1) is 0 Å². The van der Waals surface area contributed by atoms with Gasteiger partial charge in [0.2, 0.25) is 0 Å². The summed E-state index contributed by atoms with van der Waals surface area (Å²) < 4.78 is 0. The monoisotopic (exact) mass is 224 g/mol. The predicted molar refractivity (Wildman–Crippen MR) is 69.4 cm³/mol. The third-order valence-corrected chi connectivity index (χ3v) is 4.85. The zero-order valence-electron chi connectivity index (χ0n) is 11.0. The summed E-state index contributed by atoms with van der Waals surface area (Å²) in [5.41, 5.74) is 6.32. The Balaban J connectivity index is 1.70. The van der Waals surface area contributed by atoms with Crippen LogP contribution in [0.3, 0.4) is 0 Å². The largest absolute Gasteiger partial charge is 0.330 e.